The largest absolute Gasteiger partial charge is 0.497 e. The standard InChI is InChI=1S/C18H21ClN6O2/c1-20-18(21-8-7-12-5-6-13(26-2)10-14(12)19)22-11-16-23-17(25-24-16)15-4-3-9-27-15/h3-6,9-10H,7-8,11H2,1-2H3,(H2,20,21,22)(H,23,24,25). The Kier molecular flexibility index (Phi) is 6.32. The van der Waals surface area contributed by atoms with E-state index in [0.717, 1.165) is 17.7 Å². The first-order valence-electron chi connectivity index (χ1n) is 8.41. The van der Waals surface area contributed by atoms with Crippen LogP contribution in [-0.4, -0.2) is 41.8 Å². The Hall–Kier alpha value is -3.00. The summed E-state index contributed by atoms with van der Waals surface area (Å²) in [4.78, 5) is 8.58. The zero-order valence-corrected chi connectivity index (χ0v) is 15.9. The van der Waals surface area contributed by atoms with Gasteiger partial charge in [-0.15, -0.1) is 5.10 Å². The van der Waals surface area contributed by atoms with Crippen LogP contribution in [0.2, 0.25) is 5.02 Å². The lowest BCUT2D eigenvalue weighted by Crippen LogP contribution is -2.38. The molecule has 3 aromatic rings. The van der Waals surface area contributed by atoms with Crippen LogP contribution in [0, 0.1) is 0 Å². The number of methoxy groups -OCH3 is 1. The Morgan fingerprint density at radius 3 is 2.93 bits per heavy atom. The fraction of sp³-hybridized carbons (Fsp3) is 0.278. The van der Waals surface area contributed by atoms with E-state index in [1.807, 2.05) is 24.3 Å². The maximum atomic E-state index is 6.26. The van der Waals surface area contributed by atoms with Crippen molar-refractivity contribution in [3.05, 3.63) is 53.0 Å². The highest BCUT2D eigenvalue weighted by atomic mass is 35.5. The summed E-state index contributed by atoms with van der Waals surface area (Å²) in [5.41, 5.74) is 1.04. The first kappa shape index (κ1) is 18.8. The lowest BCUT2D eigenvalue weighted by Gasteiger charge is -2.11. The van der Waals surface area contributed by atoms with Crippen LogP contribution in [0.15, 0.2) is 46.0 Å². The van der Waals surface area contributed by atoms with Gasteiger partial charge in [-0.1, -0.05) is 17.7 Å². The third-order valence-electron chi connectivity index (χ3n) is 3.87. The lowest BCUT2D eigenvalue weighted by atomic mass is 10.1. The van der Waals surface area contributed by atoms with E-state index in [9.17, 15) is 0 Å². The van der Waals surface area contributed by atoms with E-state index in [1.54, 1.807) is 26.5 Å². The smallest absolute Gasteiger partial charge is 0.216 e. The van der Waals surface area contributed by atoms with Gasteiger partial charge in [-0.3, -0.25) is 10.1 Å². The summed E-state index contributed by atoms with van der Waals surface area (Å²) in [5.74, 6) is 3.23. The number of hydrogen-bond donors (Lipinski definition) is 3. The molecule has 0 saturated heterocycles. The van der Waals surface area contributed by atoms with Crippen LogP contribution < -0.4 is 15.4 Å². The minimum Gasteiger partial charge on any atom is -0.497 e. The van der Waals surface area contributed by atoms with Crippen molar-refractivity contribution in [1.82, 2.24) is 25.8 Å². The van der Waals surface area contributed by atoms with Crippen LogP contribution >= 0.6 is 11.6 Å². The number of H-pyrrole nitrogens is 1. The normalized spacial score (nSPS) is 11.4. The fourth-order valence-electron chi connectivity index (χ4n) is 2.45. The molecular weight excluding hydrogens is 368 g/mol. The van der Waals surface area contributed by atoms with E-state index < -0.39 is 0 Å². The molecule has 0 saturated carbocycles. The molecule has 0 unspecified atom stereocenters. The third-order valence-corrected chi connectivity index (χ3v) is 4.22. The lowest BCUT2D eigenvalue weighted by molar-refractivity contribution is 0.414. The summed E-state index contributed by atoms with van der Waals surface area (Å²) >= 11 is 6.26. The van der Waals surface area contributed by atoms with Gasteiger partial charge in [0.05, 0.1) is 19.9 Å². The van der Waals surface area contributed by atoms with Crippen molar-refractivity contribution in [3.8, 4) is 17.3 Å². The molecular formula is C18H21ClN6O2. The van der Waals surface area contributed by atoms with Gasteiger partial charge in [-0.05, 0) is 36.2 Å². The van der Waals surface area contributed by atoms with E-state index >= 15 is 0 Å². The second-order valence-corrected chi connectivity index (χ2v) is 6.05. The highest BCUT2D eigenvalue weighted by Gasteiger charge is 2.09. The van der Waals surface area contributed by atoms with Gasteiger partial charge >= 0.3 is 0 Å². The molecule has 142 valence electrons. The minimum atomic E-state index is 0.455. The summed E-state index contributed by atoms with van der Waals surface area (Å²) in [6.07, 6.45) is 2.35. The van der Waals surface area contributed by atoms with Gasteiger partial charge in [-0.25, -0.2) is 4.98 Å². The Labute approximate surface area is 162 Å². The average Bonchev–Trinajstić information content (AvgIpc) is 3.37. The summed E-state index contributed by atoms with van der Waals surface area (Å²) < 4.78 is 10.4. The number of rotatable bonds is 7. The molecule has 2 heterocycles. The zero-order chi connectivity index (χ0) is 19.1. The third kappa shape index (κ3) is 5.01. The number of nitrogens with zero attached hydrogens (tertiary/aromatic N) is 3. The Morgan fingerprint density at radius 2 is 2.22 bits per heavy atom. The quantitative estimate of drug-likeness (QED) is 0.425. The van der Waals surface area contributed by atoms with E-state index in [2.05, 4.69) is 30.8 Å². The molecule has 0 radical (unpaired) electrons. The van der Waals surface area contributed by atoms with Crippen molar-refractivity contribution < 1.29 is 9.15 Å². The Balaban J connectivity index is 1.47. The van der Waals surface area contributed by atoms with Gasteiger partial charge < -0.3 is 19.8 Å². The van der Waals surface area contributed by atoms with Gasteiger partial charge in [0.1, 0.15) is 11.6 Å². The van der Waals surface area contributed by atoms with Crippen molar-refractivity contribution in [2.75, 3.05) is 20.7 Å². The molecule has 0 fully saturated rings. The molecule has 0 spiro atoms. The zero-order valence-electron chi connectivity index (χ0n) is 15.1. The SMILES string of the molecule is CN=C(NCCc1ccc(OC)cc1Cl)NCc1nc(-c2ccco2)n[nH]1. The van der Waals surface area contributed by atoms with Crippen LogP contribution in [0.3, 0.4) is 0 Å². The highest BCUT2D eigenvalue weighted by Crippen LogP contribution is 2.22. The first-order valence-corrected chi connectivity index (χ1v) is 8.79. The topological polar surface area (TPSA) is 100 Å². The molecule has 3 N–H and O–H groups in total. The molecule has 0 aliphatic carbocycles. The van der Waals surface area contributed by atoms with Crippen LogP contribution in [0.5, 0.6) is 5.75 Å². The second-order valence-electron chi connectivity index (χ2n) is 5.64. The van der Waals surface area contributed by atoms with Crippen molar-refractivity contribution in [1.29, 1.82) is 0 Å². The Morgan fingerprint density at radius 1 is 1.33 bits per heavy atom. The predicted octanol–water partition coefficient (Wildman–Crippen LogP) is 2.63. The Bertz CT molecular complexity index is 891. The van der Waals surface area contributed by atoms with Crippen LogP contribution in [0.25, 0.3) is 11.6 Å². The average molecular weight is 389 g/mol. The van der Waals surface area contributed by atoms with Crippen molar-refractivity contribution in [2.24, 2.45) is 4.99 Å². The number of furan rings is 1. The number of nitrogens with one attached hydrogen (secondary N) is 3. The summed E-state index contributed by atoms with van der Waals surface area (Å²) in [5, 5.41) is 14.1. The van der Waals surface area contributed by atoms with Crippen molar-refractivity contribution in [3.63, 3.8) is 0 Å². The number of halogens is 1. The van der Waals surface area contributed by atoms with E-state index in [4.69, 9.17) is 20.8 Å². The molecule has 1 aromatic carbocycles. The van der Waals surface area contributed by atoms with E-state index in [-0.39, 0.29) is 0 Å². The molecule has 27 heavy (non-hydrogen) atoms. The molecule has 0 bridgehead atoms. The summed E-state index contributed by atoms with van der Waals surface area (Å²) in [7, 11) is 3.33. The van der Waals surface area contributed by atoms with Gasteiger partial charge in [0, 0.05) is 18.6 Å². The van der Waals surface area contributed by atoms with Crippen molar-refractivity contribution >= 4 is 17.6 Å². The molecule has 0 aliphatic rings. The number of aliphatic imine (C=N–C) groups is 1. The van der Waals surface area contributed by atoms with Gasteiger partial charge in [-0.2, -0.15) is 0 Å². The molecule has 0 atom stereocenters. The number of benzene rings is 1. The van der Waals surface area contributed by atoms with E-state index in [0.29, 0.717) is 41.5 Å². The first-order chi connectivity index (χ1) is 13.2. The van der Waals surface area contributed by atoms with Crippen LogP contribution in [0.4, 0.5) is 0 Å². The van der Waals surface area contributed by atoms with Crippen LogP contribution in [-0.2, 0) is 13.0 Å². The van der Waals surface area contributed by atoms with Gasteiger partial charge in [0.25, 0.3) is 0 Å². The fourth-order valence-corrected chi connectivity index (χ4v) is 2.72. The summed E-state index contributed by atoms with van der Waals surface area (Å²) in [6.45, 7) is 1.14. The number of ether oxygens (including phenoxy) is 1. The maximum Gasteiger partial charge on any atom is 0.216 e. The molecule has 3 rings (SSSR count). The molecule has 2 aromatic heterocycles. The molecule has 9 heteroatoms. The van der Waals surface area contributed by atoms with Crippen LogP contribution in [0.1, 0.15) is 11.4 Å². The number of aromatic amines is 1. The maximum absolute atomic E-state index is 6.26. The van der Waals surface area contributed by atoms with Gasteiger partial charge in [0.2, 0.25) is 5.82 Å². The number of hydrogen-bond acceptors (Lipinski definition) is 5. The number of aromatic nitrogens is 3. The molecule has 0 aliphatic heterocycles. The number of guanidine groups is 1. The highest BCUT2D eigenvalue weighted by molar-refractivity contribution is 6.31. The monoisotopic (exact) mass is 388 g/mol. The predicted molar refractivity (Wildman–Crippen MR) is 104 cm³/mol. The molecule has 8 nitrogen and oxygen atoms in total. The molecule has 0 amide bonds. The minimum absolute atomic E-state index is 0.455. The van der Waals surface area contributed by atoms with E-state index in [1.165, 1.54) is 0 Å². The second kappa shape index (κ2) is 9.09. The van der Waals surface area contributed by atoms with Gasteiger partial charge in [0.15, 0.2) is 11.7 Å². The summed E-state index contributed by atoms with van der Waals surface area (Å²) in [6, 6.07) is 9.28. The van der Waals surface area contributed by atoms with Crippen molar-refractivity contribution in [2.45, 2.75) is 13.0 Å².